The van der Waals surface area contributed by atoms with Gasteiger partial charge < -0.3 is 10.1 Å². The third kappa shape index (κ3) is 5.00. The molecule has 118 valence electrons. The number of rotatable bonds is 6. The first-order chi connectivity index (χ1) is 10.00. The average molecular weight is 311 g/mol. The monoisotopic (exact) mass is 311 g/mol. The van der Waals surface area contributed by atoms with Crippen LogP contribution in [0.15, 0.2) is 24.3 Å². The fourth-order valence-electron chi connectivity index (χ4n) is 2.62. The molecular weight excluding hydrogens is 286 g/mol. The summed E-state index contributed by atoms with van der Waals surface area (Å²) >= 11 is 0. The zero-order valence-electron chi connectivity index (χ0n) is 12.8. The van der Waals surface area contributed by atoms with Gasteiger partial charge in [-0.05, 0) is 37.8 Å². The summed E-state index contributed by atoms with van der Waals surface area (Å²) in [4.78, 5) is 0. The molecule has 0 unspecified atom stereocenters. The van der Waals surface area contributed by atoms with Crippen LogP contribution >= 0.6 is 0 Å². The van der Waals surface area contributed by atoms with E-state index < -0.39 is 9.84 Å². The third-order valence-corrected chi connectivity index (χ3v) is 5.76. The molecule has 4 nitrogen and oxygen atoms in total. The van der Waals surface area contributed by atoms with E-state index in [2.05, 4.69) is 12.2 Å². The van der Waals surface area contributed by atoms with Crippen molar-refractivity contribution in [1.82, 2.24) is 5.32 Å². The van der Waals surface area contributed by atoms with Crippen LogP contribution in [-0.4, -0.2) is 38.6 Å². The minimum Gasteiger partial charge on any atom is -0.489 e. The summed E-state index contributed by atoms with van der Waals surface area (Å²) in [6, 6.07) is 8.04. The summed E-state index contributed by atoms with van der Waals surface area (Å²) in [7, 11) is -2.86. The smallest absolute Gasteiger partial charge is 0.151 e. The van der Waals surface area contributed by atoms with Crippen molar-refractivity contribution < 1.29 is 13.2 Å². The summed E-state index contributed by atoms with van der Waals surface area (Å²) in [5.41, 5.74) is 1.12. The lowest BCUT2D eigenvalue weighted by atomic mass is 10.1. The second kappa shape index (κ2) is 7.27. The lowest BCUT2D eigenvalue weighted by Crippen LogP contribution is -2.44. The molecule has 0 aliphatic carbocycles. The van der Waals surface area contributed by atoms with Crippen molar-refractivity contribution in [3.05, 3.63) is 29.8 Å². The molecule has 1 fully saturated rings. The molecule has 0 amide bonds. The molecule has 1 saturated heterocycles. The molecule has 0 radical (unpaired) electrons. The zero-order valence-corrected chi connectivity index (χ0v) is 13.7. The van der Waals surface area contributed by atoms with Gasteiger partial charge in [0.25, 0.3) is 0 Å². The fourth-order valence-corrected chi connectivity index (χ4v) is 4.29. The van der Waals surface area contributed by atoms with Crippen LogP contribution in [0, 0.1) is 6.92 Å². The lowest BCUT2D eigenvalue weighted by molar-refractivity contribution is 0.187. The molecule has 2 atom stereocenters. The first kappa shape index (κ1) is 16.3. The van der Waals surface area contributed by atoms with Gasteiger partial charge in [-0.1, -0.05) is 25.1 Å². The number of aryl methyl sites for hydroxylation is 1. The van der Waals surface area contributed by atoms with Crippen LogP contribution in [0.1, 0.15) is 31.7 Å². The average Bonchev–Trinajstić information content (AvgIpc) is 2.44. The van der Waals surface area contributed by atoms with Crippen LogP contribution in [0.3, 0.4) is 0 Å². The van der Waals surface area contributed by atoms with Crippen LogP contribution in [0.5, 0.6) is 5.75 Å². The van der Waals surface area contributed by atoms with Crippen molar-refractivity contribution in [2.75, 3.05) is 18.1 Å². The first-order valence-electron chi connectivity index (χ1n) is 7.66. The quantitative estimate of drug-likeness (QED) is 0.876. The van der Waals surface area contributed by atoms with Crippen molar-refractivity contribution in [1.29, 1.82) is 0 Å². The molecule has 5 heteroatoms. The Kier molecular flexibility index (Phi) is 5.65. The van der Waals surface area contributed by atoms with Gasteiger partial charge in [-0.15, -0.1) is 0 Å². The molecule has 1 aromatic rings. The van der Waals surface area contributed by atoms with Crippen molar-refractivity contribution in [3.63, 3.8) is 0 Å². The van der Waals surface area contributed by atoms with Crippen molar-refractivity contribution >= 4 is 9.84 Å². The first-order valence-corrected chi connectivity index (χ1v) is 9.48. The lowest BCUT2D eigenvalue weighted by Gasteiger charge is -2.26. The van der Waals surface area contributed by atoms with Gasteiger partial charge in [0.05, 0.1) is 11.5 Å². The maximum absolute atomic E-state index is 11.6. The number of benzene rings is 1. The van der Waals surface area contributed by atoms with Crippen molar-refractivity contribution in [3.8, 4) is 5.75 Å². The van der Waals surface area contributed by atoms with Gasteiger partial charge in [-0.3, -0.25) is 0 Å². The molecule has 0 bridgehead atoms. The number of nitrogens with one attached hydrogen (secondary N) is 1. The van der Waals surface area contributed by atoms with E-state index in [1.807, 2.05) is 31.2 Å². The highest BCUT2D eigenvalue weighted by Crippen LogP contribution is 2.19. The van der Waals surface area contributed by atoms with Gasteiger partial charge in [0.1, 0.15) is 11.9 Å². The molecule has 1 heterocycles. The van der Waals surface area contributed by atoms with Crippen LogP contribution < -0.4 is 10.1 Å². The molecule has 0 saturated carbocycles. The predicted molar refractivity (Wildman–Crippen MR) is 85.6 cm³/mol. The van der Waals surface area contributed by atoms with Crippen LogP contribution in [-0.2, 0) is 9.84 Å². The molecule has 0 spiro atoms. The fraction of sp³-hybridized carbons (Fsp3) is 0.625. The summed E-state index contributed by atoms with van der Waals surface area (Å²) in [6.07, 6.45) is 2.65. The minimum atomic E-state index is -2.86. The van der Waals surface area contributed by atoms with E-state index in [0.29, 0.717) is 12.3 Å². The Morgan fingerprint density at radius 2 is 2.14 bits per heavy atom. The van der Waals surface area contributed by atoms with E-state index >= 15 is 0 Å². The number of hydrogen-bond acceptors (Lipinski definition) is 4. The van der Waals surface area contributed by atoms with E-state index in [-0.39, 0.29) is 17.9 Å². The Bertz CT molecular complexity index is 556. The predicted octanol–water partition coefficient (Wildman–Crippen LogP) is 2.32. The standard InChI is InChI=1S/C16H25NO3S/c1-3-15(20-16-9-5-4-7-13(16)2)11-17-14-8-6-10-21(18,19)12-14/h4-5,7,9,14-15,17H,3,6,8,10-12H2,1-2H3/t14-,15-/m1/s1. The highest BCUT2D eigenvalue weighted by atomic mass is 32.2. The summed E-state index contributed by atoms with van der Waals surface area (Å²) in [6.45, 7) is 4.80. The highest BCUT2D eigenvalue weighted by molar-refractivity contribution is 7.91. The number of hydrogen-bond donors (Lipinski definition) is 1. The van der Waals surface area contributed by atoms with E-state index in [4.69, 9.17) is 4.74 Å². The Morgan fingerprint density at radius 1 is 1.38 bits per heavy atom. The zero-order chi connectivity index (χ0) is 15.3. The number of sulfone groups is 1. The van der Waals surface area contributed by atoms with Gasteiger partial charge in [0.2, 0.25) is 0 Å². The van der Waals surface area contributed by atoms with E-state index in [9.17, 15) is 8.42 Å². The topological polar surface area (TPSA) is 55.4 Å². The third-order valence-electron chi connectivity index (χ3n) is 3.94. The SMILES string of the molecule is CC[C@H](CN[C@@H]1CCCS(=O)(=O)C1)Oc1ccccc1C. The van der Waals surface area contributed by atoms with Crippen molar-refractivity contribution in [2.45, 2.75) is 45.3 Å². The highest BCUT2D eigenvalue weighted by Gasteiger charge is 2.25. The normalized spacial score (nSPS) is 22.7. The second-order valence-electron chi connectivity index (χ2n) is 5.78. The molecule has 1 aromatic carbocycles. The largest absolute Gasteiger partial charge is 0.489 e. The molecule has 1 N–H and O–H groups in total. The van der Waals surface area contributed by atoms with E-state index in [0.717, 1.165) is 30.6 Å². The van der Waals surface area contributed by atoms with Gasteiger partial charge >= 0.3 is 0 Å². The van der Waals surface area contributed by atoms with Crippen LogP contribution in [0.4, 0.5) is 0 Å². The van der Waals surface area contributed by atoms with E-state index in [1.54, 1.807) is 0 Å². The van der Waals surface area contributed by atoms with Crippen molar-refractivity contribution in [2.24, 2.45) is 0 Å². The van der Waals surface area contributed by atoms with Gasteiger partial charge in [-0.2, -0.15) is 0 Å². The van der Waals surface area contributed by atoms with Gasteiger partial charge in [0.15, 0.2) is 9.84 Å². The summed E-state index contributed by atoms with van der Waals surface area (Å²) < 4.78 is 29.3. The maximum Gasteiger partial charge on any atom is 0.151 e. The molecule has 2 rings (SSSR count). The van der Waals surface area contributed by atoms with Gasteiger partial charge in [-0.25, -0.2) is 8.42 Å². The Morgan fingerprint density at radius 3 is 2.81 bits per heavy atom. The van der Waals surface area contributed by atoms with E-state index in [1.165, 1.54) is 0 Å². The Hall–Kier alpha value is -1.07. The molecule has 21 heavy (non-hydrogen) atoms. The number of ether oxygens (including phenoxy) is 1. The van der Waals surface area contributed by atoms with Gasteiger partial charge in [0, 0.05) is 12.6 Å². The Balaban J connectivity index is 1.87. The second-order valence-corrected chi connectivity index (χ2v) is 8.00. The molecule has 1 aliphatic heterocycles. The Labute approximate surface area is 127 Å². The molecular formula is C16H25NO3S. The molecule has 0 aromatic heterocycles. The minimum absolute atomic E-state index is 0.0655. The maximum atomic E-state index is 11.6. The van der Waals surface area contributed by atoms with Crippen LogP contribution in [0.25, 0.3) is 0 Å². The molecule has 1 aliphatic rings. The summed E-state index contributed by atoms with van der Waals surface area (Å²) in [5, 5.41) is 3.36. The number of para-hydroxylation sites is 1. The summed E-state index contributed by atoms with van der Waals surface area (Å²) in [5.74, 6) is 1.50. The van der Waals surface area contributed by atoms with Crippen LogP contribution in [0.2, 0.25) is 0 Å².